The number of hydrogen-bond acceptors (Lipinski definition) is 5. The normalized spacial score (nSPS) is 18.7. The van der Waals surface area contributed by atoms with Gasteiger partial charge in [-0.2, -0.15) is 0 Å². The van der Waals surface area contributed by atoms with Gasteiger partial charge in [0, 0.05) is 31.4 Å². The van der Waals surface area contributed by atoms with E-state index in [2.05, 4.69) is 17.2 Å². The molecule has 1 atom stereocenters. The van der Waals surface area contributed by atoms with Gasteiger partial charge in [-0.1, -0.05) is 19.8 Å². The molecule has 0 aliphatic carbocycles. The van der Waals surface area contributed by atoms with Crippen LogP contribution in [0.3, 0.4) is 0 Å². The van der Waals surface area contributed by atoms with Gasteiger partial charge in [-0.05, 0) is 25.0 Å². The molecule has 1 aromatic rings. The monoisotopic (exact) mass is 367 g/mol. The van der Waals surface area contributed by atoms with Crippen LogP contribution in [-0.2, 0) is 9.84 Å². The van der Waals surface area contributed by atoms with Crippen molar-refractivity contribution in [1.82, 2.24) is 15.2 Å². The molecule has 1 aliphatic rings. The first kappa shape index (κ1) is 19.4. The molecule has 1 saturated heterocycles. The lowest BCUT2D eigenvalue weighted by atomic mass is 10.1. The third kappa shape index (κ3) is 5.26. The average molecular weight is 367 g/mol. The van der Waals surface area contributed by atoms with E-state index < -0.39 is 9.84 Å². The number of unbranched alkanes of at least 4 members (excludes halogenated alkanes) is 2. The summed E-state index contributed by atoms with van der Waals surface area (Å²) >= 11 is 0. The zero-order valence-corrected chi connectivity index (χ0v) is 15.5. The molecule has 1 N–H and O–H groups in total. The first-order valence-electron chi connectivity index (χ1n) is 8.56. The van der Waals surface area contributed by atoms with Gasteiger partial charge in [0.25, 0.3) is 11.8 Å². The van der Waals surface area contributed by atoms with Crippen molar-refractivity contribution < 1.29 is 18.0 Å². The van der Waals surface area contributed by atoms with E-state index in [1.165, 1.54) is 17.2 Å². The van der Waals surface area contributed by atoms with Crippen molar-refractivity contribution in [2.24, 2.45) is 0 Å². The van der Waals surface area contributed by atoms with Gasteiger partial charge in [0.05, 0.1) is 11.5 Å². The van der Waals surface area contributed by atoms with Gasteiger partial charge in [0.15, 0.2) is 9.84 Å². The molecule has 2 amide bonds. The van der Waals surface area contributed by atoms with Crippen LogP contribution in [0.2, 0.25) is 0 Å². The van der Waals surface area contributed by atoms with Crippen LogP contribution in [-0.4, -0.2) is 61.3 Å². The first-order chi connectivity index (χ1) is 11.8. The second-order valence-electron chi connectivity index (χ2n) is 6.37. The van der Waals surface area contributed by atoms with E-state index in [1.807, 2.05) is 0 Å². The molecular formula is C17H25N3O4S. The number of rotatable bonds is 7. The maximum atomic E-state index is 12.6. The predicted molar refractivity (Wildman–Crippen MR) is 95.2 cm³/mol. The van der Waals surface area contributed by atoms with Gasteiger partial charge < -0.3 is 10.2 Å². The highest BCUT2D eigenvalue weighted by Crippen LogP contribution is 2.18. The summed E-state index contributed by atoms with van der Waals surface area (Å²) in [6.45, 7) is 2.69. The smallest absolute Gasteiger partial charge is 0.272 e. The van der Waals surface area contributed by atoms with Crippen LogP contribution in [0.4, 0.5) is 0 Å². The van der Waals surface area contributed by atoms with Crippen LogP contribution in [0.15, 0.2) is 18.3 Å². The van der Waals surface area contributed by atoms with Crippen molar-refractivity contribution in [1.29, 1.82) is 0 Å². The summed E-state index contributed by atoms with van der Waals surface area (Å²) in [6, 6.07) is 2.68. The summed E-state index contributed by atoms with van der Waals surface area (Å²) in [7, 11) is -1.49. The highest BCUT2D eigenvalue weighted by Gasteiger charge is 2.33. The quantitative estimate of drug-likeness (QED) is 0.732. The lowest BCUT2D eigenvalue weighted by molar-refractivity contribution is 0.0742. The fourth-order valence-corrected chi connectivity index (χ4v) is 4.57. The maximum Gasteiger partial charge on any atom is 0.272 e. The SMILES string of the molecule is CCCCCNC(=O)c1ccnc(C(=O)N(C)C2CCS(=O)(=O)C2)c1. The van der Waals surface area contributed by atoms with Crippen LogP contribution in [0, 0.1) is 0 Å². The van der Waals surface area contributed by atoms with Gasteiger partial charge >= 0.3 is 0 Å². The third-order valence-electron chi connectivity index (χ3n) is 4.38. The molecule has 1 aromatic heterocycles. The van der Waals surface area contributed by atoms with Crippen LogP contribution in [0.25, 0.3) is 0 Å². The minimum atomic E-state index is -3.07. The van der Waals surface area contributed by atoms with Crippen LogP contribution < -0.4 is 5.32 Å². The van der Waals surface area contributed by atoms with Crippen LogP contribution in [0.5, 0.6) is 0 Å². The van der Waals surface area contributed by atoms with Gasteiger partial charge in [0.2, 0.25) is 0 Å². The molecule has 0 radical (unpaired) electrons. The summed E-state index contributed by atoms with van der Waals surface area (Å²) in [4.78, 5) is 30.2. The molecule has 2 heterocycles. The van der Waals surface area contributed by atoms with Crippen molar-refractivity contribution in [3.8, 4) is 0 Å². The number of hydrogen-bond donors (Lipinski definition) is 1. The van der Waals surface area contributed by atoms with Gasteiger partial charge in [0.1, 0.15) is 5.69 Å². The molecule has 25 heavy (non-hydrogen) atoms. The Balaban J connectivity index is 2.02. The minimum Gasteiger partial charge on any atom is -0.352 e. The Labute approximate surface area is 148 Å². The molecule has 7 nitrogen and oxygen atoms in total. The fraction of sp³-hybridized carbons (Fsp3) is 0.588. The topological polar surface area (TPSA) is 96.4 Å². The Morgan fingerprint density at radius 3 is 2.76 bits per heavy atom. The number of carbonyl (C=O) groups is 2. The number of amides is 2. The van der Waals surface area contributed by atoms with Crippen LogP contribution in [0.1, 0.15) is 53.5 Å². The molecular weight excluding hydrogens is 342 g/mol. The zero-order chi connectivity index (χ0) is 18.4. The molecule has 138 valence electrons. The molecule has 0 bridgehead atoms. The zero-order valence-electron chi connectivity index (χ0n) is 14.7. The van der Waals surface area contributed by atoms with Crippen molar-refractivity contribution in [2.45, 2.75) is 38.6 Å². The van der Waals surface area contributed by atoms with E-state index in [0.29, 0.717) is 18.5 Å². The molecule has 0 aromatic carbocycles. The third-order valence-corrected chi connectivity index (χ3v) is 6.13. The molecule has 0 spiro atoms. The summed E-state index contributed by atoms with van der Waals surface area (Å²) in [5, 5.41) is 2.82. The lowest BCUT2D eigenvalue weighted by Crippen LogP contribution is -2.38. The largest absolute Gasteiger partial charge is 0.352 e. The van der Waals surface area contributed by atoms with Crippen molar-refractivity contribution in [3.05, 3.63) is 29.6 Å². The molecule has 8 heteroatoms. The summed E-state index contributed by atoms with van der Waals surface area (Å²) in [5.41, 5.74) is 0.523. The lowest BCUT2D eigenvalue weighted by Gasteiger charge is -2.23. The molecule has 0 saturated carbocycles. The Morgan fingerprint density at radius 2 is 2.12 bits per heavy atom. The number of nitrogens with zero attached hydrogens (tertiary/aromatic N) is 2. The first-order valence-corrected chi connectivity index (χ1v) is 10.4. The van der Waals surface area contributed by atoms with Crippen molar-refractivity contribution >= 4 is 21.7 Å². The van der Waals surface area contributed by atoms with Crippen LogP contribution >= 0.6 is 0 Å². The number of sulfone groups is 1. The number of aromatic nitrogens is 1. The molecule has 1 unspecified atom stereocenters. The maximum absolute atomic E-state index is 12.6. The van der Waals surface area contributed by atoms with Gasteiger partial charge in [-0.15, -0.1) is 0 Å². The Morgan fingerprint density at radius 1 is 1.36 bits per heavy atom. The van der Waals surface area contributed by atoms with E-state index in [4.69, 9.17) is 0 Å². The van der Waals surface area contributed by atoms with Gasteiger partial charge in [-0.25, -0.2) is 8.42 Å². The number of carbonyl (C=O) groups excluding carboxylic acids is 2. The Kier molecular flexibility index (Phi) is 6.52. The van der Waals surface area contributed by atoms with Crippen molar-refractivity contribution in [2.75, 3.05) is 25.1 Å². The Bertz CT molecular complexity index is 733. The van der Waals surface area contributed by atoms with E-state index in [9.17, 15) is 18.0 Å². The summed E-state index contributed by atoms with van der Waals surface area (Å²) in [5.74, 6) is -0.531. The number of pyridine rings is 1. The molecule has 1 fully saturated rings. The highest BCUT2D eigenvalue weighted by molar-refractivity contribution is 7.91. The number of nitrogens with one attached hydrogen (secondary N) is 1. The second-order valence-corrected chi connectivity index (χ2v) is 8.59. The van der Waals surface area contributed by atoms with Crippen molar-refractivity contribution in [3.63, 3.8) is 0 Å². The standard InChI is InChI=1S/C17H25N3O4S/c1-3-4-5-8-19-16(21)13-6-9-18-15(11-13)17(22)20(2)14-7-10-25(23,24)12-14/h6,9,11,14H,3-5,7-8,10,12H2,1-2H3,(H,19,21). The second kappa shape index (κ2) is 8.42. The van der Waals surface area contributed by atoms with E-state index in [1.54, 1.807) is 13.1 Å². The molecule has 2 rings (SSSR count). The van der Waals surface area contributed by atoms with Gasteiger partial charge in [-0.3, -0.25) is 14.6 Å². The van der Waals surface area contributed by atoms with E-state index >= 15 is 0 Å². The highest BCUT2D eigenvalue weighted by atomic mass is 32.2. The summed E-state index contributed by atoms with van der Waals surface area (Å²) in [6.07, 6.45) is 4.90. The average Bonchev–Trinajstić information content (AvgIpc) is 2.97. The summed E-state index contributed by atoms with van der Waals surface area (Å²) < 4.78 is 23.2. The predicted octanol–water partition coefficient (Wildman–Crippen LogP) is 1.26. The van der Waals surface area contributed by atoms with E-state index in [-0.39, 0.29) is 35.1 Å². The molecule has 1 aliphatic heterocycles. The Hall–Kier alpha value is -1.96. The van der Waals surface area contributed by atoms with E-state index in [0.717, 1.165) is 19.3 Å². The fourth-order valence-electron chi connectivity index (χ4n) is 2.80. The minimum absolute atomic E-state index is 0.0210.